The molecule has 0 bridgehead atoms. The van der Waals surface area contributed by atoms with Gasteiger partial charge in [0.15, 0.2) is 0 Å². The molecular weight excluding hydrogens is 231 g/mol. The Morgan fingerprint density at radius 1 is 1.33 bits per heavy atom. The van der Waals surface area contributed by atoms with Gasteiger partial charge in [-0.25, -0.2) is 4.39 Å². The lowest BCUT2D eigenvalue weighted by Crippen LogP contribution is -2.19. The second-order valence-corrected chi connectivity index (χ2v) is 4.44. The highest BCUT2D eigenvalue weighted by Gasteiger charge is 2.06. The first-order valence-corrected chi connectivity index (χ1v) is 6.15. The van der Waals surface area contributed by atoms with Crippen LogP contribution in [-0.4, -0.2) is 30.2 Å². The van der Waals surface area contributed by atoms with Crippen molar-refractivity contribution in [2.75, 3.05) is 20.2 Å². The molecule has 98 valence electrons. The fourth-order valence-corrected chi connectivity index (χ4v) is 1.79. The summed E-state index contributed by atoms with van der Waals surface area (Å²) >= 11 is 0. The van der Waals surface area contributed by atoms with Crippen LogP contribution in [-0.2, 0) is 6.54 Å². The SMILES string of the molecule is CN(CCCCCO)Cc1ccc(C#N)cc1F. The van der Waals surface area contributed by atoms with Crippen molar-refractivity contribution in [3.8, 4) is 6.07 Å². The van der Waals surface area contributed by atoms with Gasteiger partial charge in [0, 0.05) is 18.7 Å². The predicted molar refractivity (Wildman–Crippen MR) is 68.4 cm³/mol. The van der Waals surface area contributed by atoms with Crippen LogP contribution >= 0.6 is 0 Å². The Hall–Kier alpha value is -1.44. The van der Waals surface area contributed by atoms with Crippen LogP contribution < -0.4 is 0 Å². The van der Waals surface area contributed by atoms with E-state index in [-0.39, 0.29) is 12.4 Å². The molecule has 1 N–H and O–H groups in total. The van der Waals surface area contributed by atoms with Gasteiger partial charge in [0.25, 0.3) is 0 Å². The Kier molecular flexibility index (Phi) is 6.34. The molecule has 0 fully saturated rings. The molecule has 3 nitrogen and oxygen atoms in total. The third-order valence-corrected chi connectivity index (χ3v) is 2.82. The van der Waals surface area contributed by atoms with Crippen LogP contribution in [0.5, 0.6) is 0 Å². The molecule has 1 aromatic rings. The number of halogens is 1. The summed E-state index contributed by atoms with van der Waals surface area (Å²) in [5.74, 6) is -0.323. The first-order chi connectivity index (χ1) is 8.67. The number of aliphatic hydroxyl groups excluding tert-OH is 1. The van der Waals surface area contributed by atoms with E-state index in [1.54, 1.807) is 12.1 Å². The van der Waals surface area contributed by atoms with Crippen LogP contribution in [0.4, 0.5) is 4.39 Å². The smallest absolute Gasteiger partial charge is 0.129 e. The van der Waals surface area contributed by atoms with Gasteiger partial charge in [-0.05, 0) is 45.0 Å². The fraction of sp³-hybridized carbons (Fsp3) is 0.500. The Bertz CT molecular complexity index is 415. The lowest BCUT2D eigenvalue weighted by Gasteiger charge is -2.16. The molecule has 0 aliphatic carbocycles. The van der Waals surface area contributed by atoms with Crippen LogP contribution in [0.1, 0.15) is 30.4 Å². The summed E-state index contributed by atoms with van der Waals surface area (Å²) < 4.78 is 13.6. The summed E-state index contributed by atoms with van der Waals surface area (Å²) in [7, 11) is 1.94. The second-order valence-electron chi connectivity index (χ2n) is 4.44. The lowest BCUT2D eigenvalue weighted by molar-refractivity contribution is 0.270. The van der Waals surface area contributed by atoms with Gasteiger partial charge in [-0.2, -0.15) is 5.26 Å². The Morgan fingerprint density at radius 3 is 2.72 bits per heavy atom. The number of nitrogens with zero attached hydrogens (tertiary/aromatic N) is 2. The van der Waals surface area contributed by atoms with E-state index in [2.05, 4.69) is 0 Å². The quantitative estimate of drug-likeness (QED) is 0.755. The van der Waals surface area contributed by atoms with E-state index in [0.717, 1.165) is 25.8 Å². The van der Waals surface area contributed by atoms with Crippen LogP contribution in [0.15, 0.2) is 18.2 Å². The van der Waals surface area contributed by atoms with Crippen molar-refractivity contribution in [2.24, 2.45) is 0 Å². The zero-order valence-electron chi connectivity index (χ0n) is 10.7. The number of nitriles is 1. The molecular formula is C14H19FN2O. The minimum Gasteiger partial charge on any atom is -0.396 e. The van der Waals surface area contributed by atoms with Gasteiger partial charge in [-0.3, -0.25) is 0 Å². The molecule has 1 rings (SSSR count). The van der Waals surface area contributed by atoms with Crippen LogP contribution in [0, 0.1) is 17.1 Å². The van der Waals surface area contributed by atoms with Gasteiger partial charge in [-0.1, -0.05) is 6.07 Å². The molecule has 0 saturated carbocycles. The summed E-state index contributed by atoms with van der Waals surface area (Å²) in [6, 6.07) is 6.49. The molecule has 0 unspecified atom stereocenters. The van der Waals surface area contributed by atoms with Crippen molar-refractivity contribution < 1.29 is 9.50 Å². The van der Waals surface area contributed by atoms with Crippen molar-refractivity contribution in [1.29, 1.82) is 5.26 Å². The third-order valence-electron chi connectivity index (χ3n) is 2.82. The molecule has 0 aromatic heterocycles. The van der Waals surface area contributed by atoms with Gasteiger partial charge >= 0.3 is 0 Å². The number of hydrogen-bond acceptors (Lipinski definition) is 3. The number of unbranched alkanes of at least 4 members (excludes halogenated alkanes) is 2. The second kappa shape index (κ2) is 7.80. The highest BCUT2D eigenvalue weighted by Crippen LogP contribution is 2.12. The first-order valence-electron chi connectivity index (χ1n) is 6.15. The maximum Gasteiger partial charge on any atom is 0.129 e. The molecule has 0 radical (unpaired) electrons. The summed E-state index contributed by atoms with van der Waals surface area (Å²) in [6.45, 7) is 1.64. The van der Waals surface area contributed by atoms with E-state index < -0.39 is 0 Å². The topological polar surface area (TPSA) is 47.3 Å². The molecule has 0 aliphatic rings. The van der Waals surface area contributed by atoms with Gasteiger partial charge in [-0.15, -0.1) is 0 Å². The summed E-state index contributed by atoms with van der Waals surface area (Å²) in [4.78, 5) is 2.04. The normalized spacial score (nSPS) is 10.6. The summed E-state index contributed by atoms with van der Waals surface area (Å²) in [5, 5.41) is 17.3. The van der Waals surface area contributed by atoms with E-state index in [1.165, 1.54) is 6.07 Å². The van der Waals surface area contributed by atoms with E-state index in [4.69, 9.17) is 10.4 Å². The van der Waals surface area contributed by atoms with Gasteiger partial charge in [0.05, 0.1) is 11.6 Å². The zero-order chi connectivity index (χ0) is 13.4. The maximum atomic E-state index is 13.6. The standard InChI is InChI=1S/C14H19FN2O/c1-17(7-3-2-4-8-18)11-13-6-5-12(10-16)9-14(13)15/h5-6,9,18H,2-4,7-8,11H2,1H3. The number of rotatable bonds is 7. The molecule has 1 aromatic carbocycles. The van der Waals surface area contributed by atoms with Crippen LogP contribution in [0.2, 0.25) is 0 Å². The largest absolute Gasteiger partial charge is 0.396 e. The van der Waals surface area contributed by atoms with E-state index in [1.807, 2.05) is 18.0 Å². The Morgan fingerprint density at radius 2 is 2.11 bits per heavy atom. The van der Waals surface area contributed by atoms with Gasteiger partial charge in [0.1, 0.15) is 5.82 Å². The monoisotopic (exact) mass is 250 g/mol. The van der Waals surface area contributed by atoms with Crippen molar-refractivity contribution in [3.05, 3.63) is 35.1 Å². The molecule has 4 heteroatoms. The van der Waals surface area contributed by atoms with Crippen molar-refractivity contribution in [1.82, 2.24) is 4.90 Å². The summed E-state index contributed by atoms with van der Waals surface area (Å²) in [6.07, 6.45) is 2.80. The third kappa shape index (κ3) is 4.82. The number of hydrogen-bond donors (Lipinski definition) is 1. The van der Waals surface area contributed by atoms with Crippen molar-refractivity contribution in [2.45, 2.75) is 25.8 Å². The van der Waals surface area contributed by atoms with E-state index >= 15 is 0 Å². The molecule has 0 aliphatic heterocycles. The van der Waals surface area contributed by atoms with Crippen molar-refractivity contribution in [3.63, 3.8) is 0 Å². The predicted octanol–water partition coefficient (Wildman–Crippen LogP) is 2.29. The minimum absolute atomic E-state index is 0.230. The minimum atomic E-state index is -0.323. The van der Waals surface area contributed by atoms with E-state index in [0.29, 0.717) is 17.7 Å². The average molecular weight is 250 g/mol. The lowest BCUT2D eigenvalue weighted by atomic mass is 10.1. The number of benzene rings is 1. The molecule has 18 heavy (non-hydrogen) atoms. The molecule has 0 amide bonds. The van der Waals surface area contributed by atoms with Crippen molar-refractivity contribution >= 4 is 0 Å². The highest BCUT2D eigenvalue weighted by atomic mass is 19.1. The molecule has 0 atom stereocenters. The van der Waals surface area contributed by atoms with Gasteiger partial charge in [0.2, 0.25) is 0 Å². The van der Waals surface area contributed by atoms with E-state index in [9.17, 15) is 4.39 Å². The molecule has 0 heterocycles. The molecule has 0 spiro atoms. The highest BCUT2D eigenvalue weighted by molar-refractivity contribution is 5.32. The summed E-state index contributed by atoms with van der Waals surface area (Å²) in [5.41, 5.74) is 0.959. The van der Waals surface area contributed by atoms with Crippen LogP contribution in [0.3, 0.4) is 0 Å². The van der Waals surface area contributed by atoms with Crippen LogP contribution in [0.25, 0.3) is 0 Å². The zero-order valence-corrected chi connectivity index (χ0v) is 10.7. The fourth-order valence-electron chi connectivity index (χ4n) is 1.79. The molecule has 0 saturated heterocycles. The van der Waals surface area contributed by atoms with Gasteiger partial charge < -0.3 is 10.0 Å². The average Bonchev–Trinajstić information content (AvgIpc) is 2.37. The first kappa shape index (κ1) is 14.6. The number of aliphatic hydroxyl groups is 1. The Labute approximate surface area is 107 Å². The Balaban J connectivity index is 2.44. The maximum absolute atomic E-state index is 13.6.